The molecule has 0 saturated carbocycles. The van der Waals surface area contributed by atoms with E-state index >= 15 is 0 Å². The molecule has 2 rings (SSSR count). The SMILES string of the molecule is COc1cc(OC)c(OC)cc1CNc1nn[nH]n1. The number of aromatic nitrogens is 4. The van der Waals surface area contributed by atoms with Crippen LogP contribution in [0.3, 0.4) is 0 Å². The monoisotopic (exact) mass is 265 g/mol. The molecule has 0 spiro atoms. The van der Waals surface area contributed by atoms with Gasteiger partial charge in [-0.1, -0.05) is 5.10 Å². The maximum absolute atomic E-state index is 5.32. The number of rotatable bonds is 6. The third-order valence-electron chi connectivity index (χ3n) is 2.57. The molecule has 8 nitrogen and oxygen atoms in total. The van der Waals surface area contributed by atoms with E-state index in [1.165, 1.54) is 0 Å². The molecule has 0 unspecified atom stereocenters. The Labute approximate surface area is 110 Å². The number of hydrogen-bond donors (Lipinski definition) is 2. The summed E-state index contributed by atoms with van der Waals surface area (Å²) in [6.45, 7) is 0.475. The fourth-order valence-electron chi connectivity index (χ4n) is 1.64. The molecule has 0 bridgehead atoms. The van der Waals surface area contributed by atoms with Crippen molar-refractivity contribution in [1.29, 1.82) is 0 Å². The zero-order valence-electron chi connectivity index (χ0n) is 10.9. The van der Waals surface area contributed by atoms with E-state index in [1.807, 2.05) is 6.07 Å². The minimum absolute atomic E-state index is 0.414. The lowest BCUT2D eigenvalue weighted by atomic mass is 10.1. The second-order valence-corrected chi connectivity index (χ2v) is 3.61. The van der Waals surface area contributed by atoms with Crippen LogP contribution in [0.25, 0.3) is 0 Å². The van der Waals surface area contributed by atoms with Gasteiger partial charge in [-0.15, -0.1) is 5.10 Å². The van der Waals surface area contributed by atoms with E-state index < -0.39 is 0 Å². The van der Waals surface area contributed by atoms with Crippen molar-refractivity contribution in [2.24, 2.45) is 0 Å². The summed E-state index contributed by atoms with van der Waals surface area (Å²) < 4.78 is 15.8. The van der Waals surface area contributed by atoms with Crippen molar-refractivity contribution in [3.05, 3.63) is 17.7 Å². The normalized spacial score (nSPS) is 10.1. The van der Waals surface area contributed by atoms with E-state index in [2.05, 4.69) is 25.9 Å². The molecular weight excluding hydrogens is 250 g/mol. The predicted molar refractivity (Wildman–Crippen MR) is 67.6 cm³/mol. The fraction of sp³-hybridized carbons (Fsp3) is 0.364. The highest BCUT2D eigenvalue weighted by molar-refractivity contribution is 5.51. The van der Waals surface area contributed by atoms with E-state index in [0.29, 0.717) is 29.7 Å². The third-order valence-corrected chi connectivity index (χ3v) is 2.57. The molecule has 0 radical (unpaired) electrons. The minimum atomic E-state index is 0.414. The number of anilines is 1. The zero-order chi connectivity index (χ0) is 13.7. The lowest BCUT2D eigenvalue weighted by Gasteiger charge is -2.14. The van der Waals surface area contributed by atoms with Crippen LogP contribution in [0.1, 0.15) is 5.56 Å². The third kappa shape index (κ3) is 2.84. The molecule has 0 amide bonds. The average molecular weight is 265 g/mol. The van der Waals surface area contributed by atoms with Gasteiger partial charge in [-0.25, -0.2) is 0 Å². The van der Waals surface area contributed by atoms with Crippen LogP contribution in [0.4, 0.5) is 5.95 Å². The summed E-state index contributed by atoms with van der Waals surface area (Å²) in [5, 5.41) is 16.5. The van der Waals surface area contributed by atoms with Crippen LogP contribution in [0.2, 0.25) is 0 Å². The van der Waals surface area contributed by atoms with Gasteiger partial charge in [0.1, 0.15) is 5.75 Å². The number of nitrogens with zero attached hydrogens (tertiary/aromatic N) is 3. The first-order valence-corrected chi connectivity index (χ1v) is 5.54. The Morgan fingerprint density at radius 1 is 1.05 bits per heavy atom. The molecule has 0 atom stereocenters. The molecule has 1 heterocycles. The number of tetrazole rings is 1. The van der Waals surface area contributed by atoms with E-state index in [-0.39, 0.29) is 0 Å². The number of ether oxygens (including phenoxy) is 3. The van der Waals surface area contributed by atoms with Crippen LogP contribution >= 0.6 is 0 Å². The van der Waals surface area contributed by atoms with Crippen LogP contribution in [-0.2, 0) is 6.54 Å². The van der Waals surface area contributed by atoms with E-state index in [9.17, 15) is 0 Å². The number of H-pyrrole nitrogens is 1. The van der Waals surface area contributed by atoms with Crippen molar-refractivity contribution in [2.75, 3.05) is 26.6 Å². The smallest absolute Gasteiger partial charge is 0.263 e. The van der Waals surface area contributed by atoms with Gasteiger partial charge in [-0.05, 0) is 11.3 Å². The van der Waals surface area contributed by atoms with E-state index in [4.69, 9.17) is 14.2 Å². The summed E-state index contributed by atoms with van der Waals surface area (Å²) in [5.74, 6) is 2.35. The lowest BCUT2D eigenvalue weighted by molar-refractivity contribution is 0.347. The molecule has 1 aromatic carbocycles. The van der Waals surface area contributed by atoms with Crippen molar-refractivity contribution >= 4 is 5.95 Å². The van der Waals surface area contributed by atoms with Crippen molar-refractivity contribution in [2.45, 2.75) is 6.54 Å². The molecule has 2 N–H and O–H groups in total. The Balaban J connectivity index is 2.22. The quantitative estimate of drug-likeness (QED) is 0.799. The van der Waals surface area contributed by atoms with Gasteiger partial charge in [0.05, 0.1) is 21.3 Å². The maximum atomic E-state index is 5.32. The van der Waals surface area contributed by atoms with Gasteiger partial charge in [0, 0.05) is 18.2 Å². The summed E-state index contributed by atoms with van der Waals surface area (Å²) in [5.41, 5.74) is 0.893. The number of methoxy groups -OCH3 is 3. The molecule has 102 valence electrons. The summed E-state index contributed by atoms with van der Waals surface area (Å²) in [4.78, 5) is 0. The first kappa shape index (κ1) is 12.9. The number of hydrogen-bond acceptors (Lipinski definition) is 7. The molecule has 8 heteroatoms. The van der Waals surface area contributed by atoms with Gasteiger partial charge < -0.3 is 19.5 Å². The maximum Gasteiger partial charge on any atom is 0.263 e. The molecule has 0 aliphatic heterocycles. The first-order valence-electron chi connectivity index (χ1n) is 5.54. The van der Waals surface area contributed by atoms with Crippen molar-refractivity contribution in [3.63, 3.8) is 0 Å². The molecule has 0 fully saturated rings. The highest BCUT2D eigenvalue weighted by atomic mass is 16.5. The fourth-order valence-corrected chi connectivity index (χ4v) is 1.64. The van der Waals surface area contributed by atoms with E-state index in [0.717, 1.165) is 5.56 Å². The summed E-state index contributed by atoms with van der Waals surface area (Å²) in [6.07, 6.45) is 0. The predicted octanol–water partition coefficient (Wildman–Crippen LogP) is 0.838. The van der Waals surface area contributed by atoms with Crippen molar-refractivity contribution in [1.82, 2.24) is 20.6 Å². The lowest BCUT2D eigenvalue weighted by Crippen LogP contribution is -2.04. The van der Waals surface area contributed by atoms with Gasteiger partial charge in [0.25, 0.3) is 5.95 Å². The largest absolute Gasteiger partial charge is 0.496 e. The summed E-state index contributed by atoms with van der Waals surface area (Å²) in [7, 11) is 4.76. The molecule has 2 aromatic rings. The van der Waals surface area contributed by atoms with E-state index in [1.54, 1.807) is 27.4 Å². The van der Waals surface area contributed by atoms with Crippen molar-refractivity contribution < 1.29 is 14.2 Å². The molecule has 0 aliphatic rings. The standard InChI is InChI=1S/C11H15N5O3/c1-17-8-5-10(19-3)9(18-2)4-7(8)6-12-11-13-15-16-14-11/h4-5H,6H2,1-3H3,(H2,12,13,14,15,16). The molecule has 0 saturated heterocycles. The Hall–Kier alpha value is -2.51. The first-order chi connectivity index (χ1) is 9.28. The Kier molecular flexibility index (Phi) is 4.01. The molecular formula is C11H15N5O3. The number of aromatic amines is 1. The van der Waals surface area contributed by atoms with Crippen LogP contribution in [-0.4, -0.2) is 42.0 Å². The topological polar surface area (TPSA) is 94.2 Å². The summed E-state index contributed by atoms with van der Waals surface area (Å²) >= 11 is 0. The average Bonchev–Trinajstić information content (AvgIpc) is 2.97. The molecule has 0 aliphatic carbocycles. The number of nitrogens with one attached hydrogen (secondary N) is 2. The number of benzene rings is 1. The summed E-state index contributed by atoms with van der Waals surface area (Å²) in [6, 6.07) is 3.61. The van der Waals surface area contributed by atoms with Gasteiger partial charge in [-0.2, -0.15) is 5.21 Å². The van der Waals surface area contributed by atoms with Gasteiger partial charge in [0.2, 0.25) is 0 Å². The van der Waals surface area contributed by atoms with Crippen molar-refractivity contribution in [3.8, 4) is 17.2 Å². The van der Waals surface area contributed by atoms with Gasteiger partial charge in [-0.3, -0.25) is 0 Å². The molecule has 19 heavy (non-hydrogen) atoms. The second kappa shape index (κ2) is 5.89. The van der Waals surface area contributed by atoms with Crippen LogP contribution in [0, 0.1) is 0 Å². The van der Waals surface area contributed by atoms with Gasteiger partial charge in [0.15, 0.2) is 11.5 Å². The molecule has 1 aromatic heterocycles. The van der Waals surface area contributed by atoms with Crippen LogP contribution in [0.5, 0.6) is 17.2 Å². The van der Waals surface area contributed by atoms with Gasteiger partial charge >= 0.3 is 0 Å². The highest BCUT2D eigenvalue weighted by Gasteiger charge is 2.12. The Morgan fingerprint density at radius 2 is 1.74 bits per heavy atom. The highest BCUT2D eigenvalue weighted by Crippen LogP contribution is 2.34. The van der Waals surface area contributed by atoms with Crippen LogP contribution in [0.15, 0.2) is 12.1 Å². The van der Waals surface area contributed by atoms with Crippen LogP contribution < -0.4 is 19.5 Å². The second-order valence-electron chi connectivity index (χ2n) is 3.61. The zero-order valence-corrected chi connectivity index (χ0v) is 10.9. The Morgan fingerprint density at radius 3 is 2.32 bits per heavy atom. The minimum Gasteiger partial charge on any atom is -0.496 e. The Bertz CT molecular complexity index is 529.